The van der Waals surface area contributed by atoms with Crippen LogP contribution in [0.15, 0.2) is 65.9 Å². The van der Waals surface area contributed by atoms with Crippen molar-refractivity contribution in [2.75, 3.05) is 5.32 Å². The maximum atomic E-state index is 13.6. The number of nitrogens with one attached hydrogen (secondary N) is 2. The van der Waals surface area contributed by atoms with Gasteiger partial charge < -0.3 is 5.32 Å². The van der Waals surface area contributed by atoms with Gasteiger partial charge in [-0.3, -0.25) is 9.89 Å². The molecule has 0 radical (unpaired) electrons. The number of aromatic nitrogens is 2. The van der Waals surface area contributed by atoms with Gasteiger partial charge >= 0.3 is 0 Å². The molecule has 1 heterocycles. The molecule has 0 spiro atoms. The second-order valence-electron chi connectivity index (χ2n) is 9.66. The van der Waals surface area contributed by atoms with Gasteiger partial charge in [-0.25, -0.2) is 0 Å². The van der Waals surface area contributed by atoms with Crippen molar-refractivity contribution in [2.24, 2.45) is 11.3 Å². The number of hydrogen-bond donors (Lipinski definition) is 2. The van der Waals surface area contributed by atoms with E-state index in [9.17, 15) is 15.3 Å². The van der Waals surface area contributed by atoms with Gasteiger partial charge in [-0.1, -0.05) is 67.9 Å². The van der Waals surface area contributed by atoms with Crippen molar-refractivity contribution in [3.05, 3.63) is 82.1 Å². The van der Waals surface area contributed by atoms with Crippen molar-refractivity contribution in [2.45, 2.75) is 39.5 Å². The van der Waals surface area contributed by atoms with Crippen LogP contribution >= 0.6 is 11.6 Å². The molecule has 35 heavy (non-hydrogen) atoms. The Balaban J connectivity index is 1.90. The number of hydrogen-bond acceptors (Lipinski definition) is 5. The lowest BCUT2D eigenvalue weighted by Gasteiger charge is -2.35. The van der Waals surface area contributed by atoms with E-state index in [1.54, 1.807) is 24.3 Å². The molecule has 4 rings (SSSR count). The lowest BCUT2D eigenvalue weighted by atomic mass is 9.69. The van der Waals surface area contributed by atoms with Gasteiger partial charge in [0.1, 0.15) is 5.92 Å². The maximum absolute atomic E-state index is 13.6. The summed E-state index contributed by atoms with van der Waals surface area (Å²) in [6, 6.07) is 21.1. The van der Waals surface area contributed by atoms with Crippen LogP contribution < -0.4 is 5.32 Å². The molecule has 0 saturated carbocycles. The number of nitriles is 2. The molecule has 2 N–H and O–H groups in total. The molecule has 1 atom stereocenters. The molecule has 1 unspecified atom stereocenters. The van der Waals surface area contributed by atoms with Gasteiger partial charge in [0.15, 0.2) is 11.6 Å². The van der Waals surface area contributed by atoms with Gasteiger partial charge in [0.2, 0.25) is 0 Å². The Morgan fingerprint density at radius 3 is 2.34 bits per heavy atom. The highest BCUT2D eigenvalue weighted by molar-refractivity contribution is 6.30. The van der Waals surface area contributed by atoms with E-state index in [-0.39, 0.29) is 11.2 Å². The Morgan fingerprint density at radius 1 is 1.06 bits per heavy atom. The van der Waals surface area contributed by atoms with Crippen molar-refractivity contribution in [1.82, 2.24) is 10.2 Å². The summed E-state index contributed by atoms with van der Waals surface area (Å²) >= 11 is 6.10. The lowest BCUT2D eigenvalue weighted by Crippen LogP contribution is -2.32. The first-order chi connectivity index (χ1) is 16.7. The number of Topliss-reactive ketones (excluding diaryl/α,β-unsaturated/α-hetero) is 1. The van der Waals surface area contributed by atoms with E-state index in [4.69, 9.17) is 11.6 Å². The molecule has 2 aromatic carbocycles. The summed E-state index contributed by atoms with van der Waals surface area (Å²) in [5.74, 6) is -1.23. The lowest BCUT2D eigenvalue weighted by molar-refractivity contribution is -0.118. The molecule has 1 aliphatic carbocycles. The molecule has 7 heteroatoms. The zero-order valence-corrected chi connectivity index (χ0v) is 20.6. The van der Waals surface area contributed by atoms with Crippen LogP contribution in [0.25, 0.3) is 11.1 Å². The van der Waals surface area contributed by atoms with Crippen molar-refractivity contribution >= 4 is 23.2 Å². The van der Waals surface area contributed by atoms with E-state index in [2.05, 4.69) is 27.7 Å². The molecule has 1 aliphatic rings. The first-order valence-electron chi connectivity index (χ1n) is 11.4. The smallest absolute Gasteiger partial charge is 0.161 e. The third kappa shape index (κ3) is 4.99. The van der Waals surface area contributed by atoms with Gasteiger partial charge in [-0.2, -0.15) is 15.6 Å². The summed E-state index contributed by atoms with van der Waals surface area (Å²) in [6.07, 6.45) is 0.897. The zero-order valence-electron chi connectivity index (χ0n) is 19.9. The van der Waals surface area contributed by atoms with Crippen LogP contribution in [0.3, 0.4) is 0 Å². The fourth-order valence-electron chi connectivity index (χ4n) is 4.80. The van der Waals surface area contributed by atoms with E-state index in [1.807, 2.05) is 51.1 Å². The second kappa shape index (κ2) is 9.78. The number of rotatable bonds is 6. The number of anilines is 1. The van der Waals surface area contributed by atoms with Crippen molar-refractivity contribution in [3.63, 3.8) is 0 Å². The Labute approximate surface area is 210 Å². The molecule has 0 aliphatic heterocycles. The number of nitrogens with zero attached hydrogens (tertiary/aromatic N) is 3. The van der Waals surface area contributed by atoms with Gasteiger partial charge in [0.05, 0.1) is 12.1 Å². The predicted octanol–water partition coefficient (Wildman–Crippen LogP) is 6.54. The normalized spacial score (nSPS) is 16.0. The summed E-state index contributed by atoms with van der Waals surface area (Å²) in [7, 11) is 0. The standard InChI is InChI=1S/C28H26ClN5O/c1-17-24(18-7-5-4-6-8-18)27(34-33-17)32-22-13-28(2,3)14-23(35)26(22)25(20(15-30)16-31)19-9-11-21(29)12-10-19/h4-12,20,25H,13-14H2,1-3H3,(H2,32,33,34). The average Bonchev–Trinajstić information content (AvgIpc) is 3.18. The summed E-state index contributed by atoms with van der Waals surface area (Å²) in [5.41, 5.74) is 4.35. The first kappa shape index (κ1) is 24.3. The topological polar surface area (TPSA) is 105 Å². The van der Waals surface area contributed by atoms with Gasteiger partial charge in [-0.05, 0) is 42.0 Å². The van der Waals surface area contributed by atoms with E-state index in [0.717, 1.165) is 16.8 Å². The molecule has 1 aromatic heterocycles. The number of allylic oxidation sites excluding steroid dienone is 2. The Kier molecular flexibility index (Phi) is 6.78. The molecule has 0 bridgehead atoms. The maximum Gasteiger partial charge on any atom is 0.161 e. The number of ketones is 1. The number of aromatic amines is 1. The number of halogens is 1. The second-order valence-corrected chi connectivity index (χ2v) is 10.1. The molecule has 6 nitrogen and oxygen atoms in total. The Bertz CT molecular complexity index is 1340. The average molecular weight is 484 g/mol. The highest BCUT2D eigenvalue weighted by Crippen LogP contribution is 2.45. The number of aryl methyl sites for hydroxylation is 1. The Morgan fingerprint density at radius 2 is 1.71 bits per heavy atom. The van der Waals surface area contributed by atoms with E-state index < -0.39 is 11.8 Å². The van der Waals surface area contributed by atoms with Crippen LogP contribution in [-0.2, 0) is 4.79 Å². The first-order valence-corrected chi connectivity index (χ1v) is 11.8. The number of benzene rings is 2. The fourth-order valence-corrected chi connectivity index (χ4v) is 4.93. The van der Waals surface area contributed by atoms with Crippen LogP contribution in [0.5, 0.6) is 0 Å². The third-order valence-corrected chi connectivity index (χ3v) is 6.60. The molecule has 0 amide bonds. The predicted molar refractivity (Wildman–Crippen MR) is 136 cm³/mol. The van der Waals surface area contributed by atoms with Crippen molar-refractivity contribution in [1.29, 1.82) is 10.5 Å². The van der Waals surface area contributed by atoms with E-state index in [0.29, 0.717) is 40.5 Å². The Hall–Kier alpha value is -3.87. The molecule has 3 aromatic rings. The van der Waals surface area contributed by atoms with Crippen LogP contribution in [0.1, 0.15) is 43.9 Å². The number of carbonyl (C=O) groups is 1. The highest BCUT2D eigenvalue weighted by atomic mass is 35.5. The van der Waals surface area contributed by atoms with Crippen LogP contribution in [-0.4, -0.2) is 16.0 Å². The summed E-state index contributed by atoms with van der Waals surface area (Å²) in [5, 5.41) is 31.2. The fraction of sp³-hybridized carbons (Fsp3) is 0.286. The van der Waals surface area contributed by atoms with Crippen molar-refractivity contribution in [3.8, 4) is 23.3 Å². The third-order valence-electron chi connectivity index (χ3n) is 6.35. The summed E-state index contributed by atoms with van der Waals surface area (Å²) < 4.78 is 0. The minimum Gasteiger partial charge on any atom is -0.341 e. The van der Waals surface area contributed by atoms with Gasteiger partial charge in [0.25, 0.3) is 0 Å². The summed E-state index contributed by atoms with van der Waals surface area (Å²) in [4.78, 5) is 13.6. The summed E-state index contributed by atoms with van der Waals surface area (Å²) in [6.45, 7) is 6.03. The minimum atomic E-state index is -1.04. The quantitative estimate of drug-likeness (QED) is 0.414. The SMILES string of the molecule is Cc1[nH]nc(NC2=C(C(c3ccc(Cl)cc3)C(C#N)C#N)C(=O)CC(C)(C)C2)c1-c1ccccc1. The monoisotopic (exact) mass is 483 g/mol. The number of carbonyl (C=O) groups excluding carboxylic acids is 1. The number of H-pyrrole nitrogens is 1. The molecule has 0 saturated heterocycles. The van der Waals surface area contributed by atoms with Gasteiger partial charge in [0, 0.05) is 39.9 Å². The van der Waals surface area contributed by atoms with Crippen LogP contribution in [0.4, 0.5) is 5.82 Å². The van der Waals surface area contributed by atoms with Crippen LogP contribution in [0, 0.1) is 40.9 Å². The minimum absolute atomic E-state index is 0.0762. The van der Waals surface area contributed by atoms with E-state index in [1.165, 1.54) is 0 Å². The molecular weight excluding hydrogens is 458 g/mol. The van der Waals surface area contributed by atoms with E-state index >= 15 is 0 Å². The van der Waals surface area contributed by atoms with Crippen LogP contribution in [0.2, 0.25) is 5.02 Å². The molecule has 176 valence electrons. The van der Waals surface area contributed by atoms with Crippen molar-refractivity contribution < 1.29 is 4.79 Å². The molecular formula is C28H26ClN5O. The van der Waals surface area contributed by atoms with Gasteiger partial charge in [-0.15, -0.1) is 0 Å². The highest BCUT2D eigenvalue weighted by Gasteiger charge is 2.40. The largest absolute Gasteiger partial charge is 0.341 e. The molecule has 0 fully saturated rings. The zero-order chi connectivity index (χ0) is 25.2.